The van der Waals surface area contributed by atoms with E-state index in [2.05, 4.69) is 9.82 Å². The number of hydrogen-bond donors (Lipinski definition) is 1. The van der Waals surface area contributed by atoms with E-state index in [-0.39, 0.29) is 17.6 Å². The Labute approximate surface area is 153 Å². The van der Waals surface area contributed by atoms with Gasteiger partial charge in [0.15, 0.2) is 0 Å². The fourth-order valence-electron chi connectivity index (χ4n) is 4.19. The Bertz CT molecular complexity index is 809. The van der Waals surface area contributed by atoms with Gasteiger partial charge in [0.2, 0.25) is 0 Å². The summed E-state index contributed by atoms with van der Waals surface area (Å²) in [7, 11) is -3.46. The van der Waals surface area contributed by atoms with Crippen molar-refractivity contribution in [2.45, 2.75) is 57.0 Å². The number of rotatable bonds is 4. The van der Waals surface area contributed by atoms with Gasteiger partial charge in [0, 0.05) is 25.2 Å². The minimum absolute atomic E-state index is 0.0250. The number of nitrogens with one attached hydrogen (secondary N) is 1. The molecule has 9 heteroatoms. The molecule has 0 amide bonds. The molecule has 1 aliphatic heterocycles. The third-order valence-electron chi connectivity index (χ3n) is 5.65. The Morgan fingerprint density at radius 1 is 1.12 bits per heavy atom. The summed E-state index contributed by atoms with van der Waals surface area (Å²) in [5, 5.41) is 4.59. The van der Waals surface area contributed by atoms with Crippen molar-refractivity contribution in [1.29, 1.82) is 0 Å². The van der Waals surface area contributed by atoms with E-state index in [0.717, 1.165) is 56.2 Å². The van der Waals surface area contributed by atoms with Crippen molar-refractivity contribution >= 4 is 10.2 Å². The van der Waals surface area contributed by atoms with Crippen LogP contribution in [-0.2, 0) is 27.8 Å². The van der Waals surface area contributed by atoms with Crippen LogP contribution in [0, 0.1) is 0 Å². The highest BCUT2D eigenvalue weighted by molar-refractivity contribution is 7.87. The van der Waals surface area contributed by atoms with E-state index in [4.69, 9.17) is 4.74 Å². The van der Waals surface area contributed by atoms with Gasteiger partial charge in [-0.25, -0.2) is 4.68 Å². The first-order valence-corrected chi connectivity index (χ1v) is 10.9. The minimum Gasteiger partial charge on any atom is -0.379 e. The molecule has 3 aliphatic rings. The van der Waals surface area contributed by atoms with Crippen LogP contribution < -0.4 is 10.3 Å². The van der Waals surface area contributed by atoms with Gasteiger partial charge in [-0.2, -0.15) is 22.5 Å². The first kappa shape index (κ1) is 18.1. The van der Waals surface area contributed by atoms with Gasteiger partial charge >= 0.3 is 0 Å². The van der Waals surface area contributed by atoms with Crippen LogP contribution >= 0.6 is 0 Å². The molecule has 26 heavy (non-hydrogen) atoms. The van der Waals surface area contributed by atoms with Crippen LogP contribution in [0.15, 0.2) is 10.9 Å². The normalized spacial score (nSPS) is 27.4. The maximum atomic E-state index is 12.5. The maximum Gasteiger partial charge on any atom is 0.279 e. The van der Waals surface area contributed by atoms with Crippen LogP contribution in [0.2, 0.25) is 0 Å². The summed E-state index contributed by atoms with van der Waals surface area (Å²) in [5.74, 6) is 0. The molecule has 2 heterocycles. The second-order valence-corrected chi connectivity index (χ2v) is 9.09. The standard InChI is InChI=1S/C17H26N4O4S/c22-17-12-13-2-1-3-16(13)18-21(17)15-6-4-14(5-7-15)19-26(23,24)20-8-10-25-11-9-20/h12,14-15,19H,1-11H2. The Morgan fingerprint density at radius 3 is 2.58 bits per heavy atom. The van der Waals surface area contributed by atoms with E-state index in [9.17, 15) is 13.2 Å². The Kier molecular flexibility index (Phi) is 5.13. The molecule has 0 radical (unpaired) electrons. The summed E-state index contributed by atoms with van der Waals surface area (Å²) in [6.45, 7) is 1.69. The summed E-state index contributed by atoms with van der Waals surface area (Å²) in [5.41, 5.74) is 2.13. The molecular formula is C17H26N4O4S. The number of nitrogens with zero attached hydrogens (tertiary/aromatic N) is 3. The predicted molar refractivity (Wildman–Crippen MR) is 96.3 cm³/mol. The van der Waals surface area contributed by atoms with Gasteiger partial charge in [-0.3, -0.25) is 4.79 Å². The quantitative estimate of drug-likeness (QED) is 0.813. The van der Waals surface area contributed by atoms with E-state index < -0.39 is 10.2 Å². The van der Waals surface area contributed by atoms with Gasteiger partial charge in [-0.1, -0.05) is 0 Å². The number of fused-ring (bicyclic) bond motifs is 1. The highest BCUT2D eigenvalue weighted by Gasteiger charge is 2.31. The van der Waals surface area contributed by atoms with Crippen LogP contribution in [0.1, 0.15) is 49.4 Å². The number of aromatic nitrogens is 2. The molecule has 2 aliphatic carbocycles. The van der Waals surface area contributed by atoms with Gasteiger partial charge in [0.05, 0.1) is 24.9 Å². The summed E-state index contributed by atoms with van der Waals surface area (Å²) in [6, 6.07) is 1.73. The van der Waals surface area contributed by atoms with Gasteiger partial charge in [-0.05, 0) is 50.5 Å². The molecule has 144 valence electrons. The molecule has 4 rings (SSSR count). The molecule has 0 bridgehead atoms. The molecule has 1 aromatic rings. The number of hydrogen-bond acceptors (Lipinski definition) is 5. The lowest BCUT2D eigenvalue weighted by molar-refractivity contribution is 0.0721. The van der Waals surface area contributed by atoms with Crippen molar-refractivity contribution in [2.75, 3.05) is 26.3 Å². The first-order chi connectivity index (χ1) is 12.5. The van der Waals surface area contributed by atoms with Crippen molar-refractivity contribution < 1.29 is 13.2 Å². The van der Waals surface area contributed by atoms with E-state index in [1.807, 2.05) is 0 Å². The summed E-state index contributed by atoms with van der Waals surface area (Å²) in [4.78, 5) is 12.4. The van der Waals surface area contributed by atoms with Crippen LogP contribution in [0.4, 0.5) is 0 Å². The summed E-state index contributed by atoms with van der Waals surface area (Å²) >= 11 is 0. The highest BCUT2D eigenvalue weighted by Crippen LogP contribution is 2.28. The van der Waals surface area contributed by atoms with Gasteiger partial charge < -0.3 is 4.74 Å². The number of aryl methyl sites for hydroxylation is 2. The third kappa shape index (κ3) is 3.71. The monoisotopic (exact) mass is 382 g/mol. The molecule has 8 nitrogen and oxygen atoms in total. The molecule has 0 spiro atoms. The molecule has 0 aromatic carbocycles. The topological polar surface area (TPSA) is 93.5 Å². The zero-order valence-electron chi connectivity index (χ0n) is 14.9. The van der Waals surface area contributed by atoms with Crippen molar-refractivity contribution in [1.82, 2.24) is 18.8 Å². The van der Waals surface area contributed by atoms with E-state index in [1.165, 1.54) is 4.31 Å². The van der Waals surface area contributed by atoms with Crippen molar-refractivity contribution in [3.8, 4) is 0 Å². The molecule has 1 saturated carbocycles. The zero-order valence-corrected chi connectivity index (χ0v) is 15.7. The molecule has 2 fully saturated rings. The predicted octanol–water partition coefficient (Wildman–Crippen LogP) is 0.382. The SMILES string of the molecule is O=c1cc2c(nn1C1CCC(NS(=O)(=O)N3CCOCC3)CC1)CCC2. The Morgan fingerprint density at radius 2 is 1.85 bits per heavy atom. The van der Waals surface area contributed by atoms with E-state index in [0.29, 0.717) is 26.3 Å². The number of ether oxygens (including phenoxy) is 1. The highest BCUT2D eigenvalue weighted by atomic mass is 32.2. The van der Waals surface area contributed by atoms with E-state index >= 15 is 0 Å². The van der Waals surface area contributed by atoms with Gasteiger partial charge in [0.25, 0.3) is 15.8 Å². The zero-order chi connectivity index (χ0) is 18.1. The largest absolute Gasteiger partial charge is 0.379 e. The molecule has 1 N–H and O–H groups in total. The fourth-order valence-corrected chi connectivity index (χ4v) is 5.62. The van der Waals surface area contributed by atoms with Crippen LogP contribution in [-0.4, -0.2) is 54.8 Å². The van der Waals surface area contributed by atoms with Gasteiger partial charge in [-0.15, -0.1) is 0 Å². The summed E-state index contributed by atoms with van der Waals surface area (Å²) < 4.78 is 36.1. The average Bonchev–Trinajstić information content (AvgIpc) is 3.09. The number of morpholine rings is 1. The Balaban J connectivity index is 1.38. The van der Waals surface area contributed by atoms with Gasteiger partial charge in [0.1, 0.15) is 0 Å². The Hall–Kier alpha value is -1.29. The lowest BCUT2D eigenvalue weighted by Gasteiger charge is -2.32. The van der Waals surface area contributed by atoms with Crippen molar-refractivity contribution in [3.05, 3.63) is 27.7 Å². The molecule has 1 saturated heterocycles. The van der Waals surface area contributed by atoms with Crippen LogP contribution in [0.5, 0.6) is 0 Å². The first-order valence-electron chi connectivity index (χ1n) is 9.50. The van der Waals surface area contributed by atoms with Crippen molar-refractivity contribution in [2.24, 2.45) is 0 Å². The molecular weight excluding hydrogens is 356 g/mol. The lowest BCUT2D eigenvalue weighted by Crippen LogP contribution is -2.50. The maximum absolute atomic E-state index is 12.5. The summed E-state index contributed by atoms with van der Waals surface area (Å²) in [6.07, 6.45) is 5.95. The molecule has 0 atom stereocenters. The van der Waals surface area contributed by atoms with Crippen LogP contribution in [0.25, 0.3) is 0 Å². The molecule has 0 unspecified atom stereocenters. The third-order valence-corrected chi connectivity index (χ3v) is 7.33. The lowest BCUT2D eigenvalue weighted by atomic mass is 9.92. The smallest absolute Gasteiger partial charge is 0.279 e. The molecule has 1 aromatic heterocycles. The van der Waals surface area contributed by atoms with Crippen LogP contribution in [0.3, 0.4) is 0 Å². The van der Waals surface area contributed by atoms with Crippen molar-refractivity contribution in [3.63, 3.8) is 0 Å². The fraction of sp³-hybridized carbons (Fsp3) is 0.765. The second kappa shape index (κ2) is 7.38. The second-order valence-electron chi connectivity index (χ2n) is 7.39. The van der Waals surface area contributed by atoms with E-state index in [1.54, 1.807) is 10.7 Å². The minimum atomic E-state index is -3.46. The average molecular weight is 382 g/mol.